The maximum atomic E-state index is 12.9. The van der Waals surface area contributed by atoms with Gasteiger partial charge in [-0.25, -0.2) is 0 Å². The number of methoxy groups -OCH3 is 1. The molecule has 140 valence electrons. The summed E-state index contributed by atoms with van der Waals surface area (Å²) in [6.07, 6.45) is 4.22. The van der Waals surface area contributed by atoms with Gasteiger partial charge in [-0.15, -0.1) is 0 Å². The van der Waals surface area contributed by atoms with Gasteiger partial charge in [0.15, 0.2) is 0 Å². The monoisotopic (exact) mass is 357 g/mol. The molecule has 6 nitrogen and oxygen atoms in total. The number of esters is 1. The SMILES string of the molecule is CCOC(=O)[C@@]1(Cc2cccc(OC)c2)CCCN(Cc2ccn[nH]2)C1. The molecular weight excluding hydrogens is 330 g/mol. The van der Waals surface area contributed by atoms with Crippen molar-refractivity contribution in [3.05, 3.63) is 47.8 Å². The molecule has 1 saturated heterocycles. The van der Waals surface area contributed by atoms with Crippen LogP contribution in [0.1, 0.15) is 31.0 Å². The van der Waals surface area contributed by atoms with Crippen LogP contribution in [-0.2, 0) is 22.5 Å². The van der Waals surface area contributed by atoms with Crippen molar-refractivity contribution in [2.45, 2.75) is 32.7 Å². The van der Waals surface area contributed by atoms with Crippen LogP contribution in [0.25, 0.3) is 0 Å². The minimum absolute atomic E-state index is 0.0999. The molecule has 0 spiro atoms. The van der Waals surface area contributed by atoms with Gasteiger partial charge in [-0.3, -0.25) is 14.8 Å². The first-order valence-electron chi connectivity index (χ1n) is 9.16. The van der Waals surface area contributed by atoms with Crippen molar-refractivity contribution in [2.75, 3.05) is 26.8 Å². The van der Waals surface area contributed by atoms with Gasteiger partial charge in [0.05, 0.1) is 19.1 Å². The number of nitrogens with one attached hydrogen (secondary N) is 1. The number of aromatic amines is 1. The maximum Gasteiger partial charge on any atom is 0.313 e. The summed E-state index contributed by atoms with van der Waals surface area (Å²) in [5.74, 6) is 0.712. The molecule has 1 aliphatic rings. The smallest absolute Gasteiger partial charge is 0.313 e. The van der Waals surface area contributed by atoms with Gasteiger partial charge < -0.3 is 9.47 Å². The number of piperidine rings is 1. The molecule has 0 aliphatic carbocycles. The quantitative estimate of drug-likeness (QED) is 0.772. The van der Waals surface area contributed by atoms with Crippen LogP contribution in [0.2, 0.25) is 0 Å². The lowest BCUT2D eigenvalue weighted by Crippen LogP contribution is -2.49. The predicted octanol–water partition coefficient (Wildman–Crippen LogP) is 2.81. The highest BCUT2D eigenvalue weighted by Gasteiger charge is 2.43. The first-order chi connectivity index (χ1) is 12.6. The Morgan fingerprint density at radius 2 is 2.27 bits per heavy atom. The van der Waals surface area contributed by atoms with E-state index in [9.17, 15) is 4.79 Å². The molecule has 2 heterocycles. The van der Waals surface area contributed by atoms with Crippen molar-refractivity contribution in [3.63, 3.8) is 0 Å². The van der Waals surface area contributed by atoms with Crippen LogP contribution in [0, 0.1) is 5.41 Å². The van der Waals surface area contributed by atoms with Gasteiger partial charge in [-0.1, -0.05) is 12.1 Å². The number of carbonyl (C=O) groups excluding carboxylic acids is 1. The molecule has 26 heavy (non-hydrogen) atoms. The van der Waals surface area contributed by atoms with Gasteiger partial charge >= 0.3 is 5.97 Å². The molecule has 0 unspecified atom stereocenters. The molecule has 0 radical (unpaired) electrons. The molecule has 0 amide bonds. The van der Waals surface area contributed by atoms with E-state index in [1.54, 1.807) is 13.3 Å². The maximum absolute atomic E-state index is 12.9. The Bertz CT molecular complexity index is 717. The Morgan fingerprint density at radius 3 is 3.00 bits per heavy atom. The highest BCUT2D eigenvalue weighted by Crippen LogP contribution is 2.36. The van der Waals surface area contributed by atoms with Gasteiger partial charge in [0.1, 0.15) is 5.75 Å². The Hall–Kier alpha value is -2.34. The molecule has 0 saturated carbocycles. The number of hydrogen-bond donors (Lipinski definition) is 1. The predicted molar refractivity (Wildman–Crippen MR) is 98.9 cm³/mol. The first-order valence-corrected chi connectivity index (χ1v) is 9.16. The zero-order chi connectivity index (χ0) is 18.4. The largest absolute Gasteiger partial charge is 0.497 e. The van der Waals surface area contributed by atoms with Crippen molar-refractivity contribution in [1.29, 1.82) is 0 Å². The number of H-pyrrole nitrogens is 1. The molecule has 1 fully saturated rings. The molecule has 2 aromatic rings. The molecule has 1 N–H and O–H groups in total. The van der Waals surface area contributed by atoms with Crippen LogP contribution in [-0.4, -0.2) is 47.9 Å². The Kier molecular flexibility index (Phi) is 5.93. The molecule has 6 heteroatoms. The van der Waals surface area contributed by atoms with E-state index < -0.39 is 5.41 Å². The van der Waals surface area contributed by atoms with E-state index in [1.165, 1.54) is 0 Å². The van der Waals surface area contributed by atoms with E-state index in [2.05, 4.69) is 21.2 Å². The van der Waals surface area contributed by atoms with Crippen LogP contribution < -0.4 is 4.74 Å². The molecule has 0 bridgehead atoms. The average Bonchev–Trinajstić information content (AvgIpc) is 3.15. The van der Waals surface area contributed by atoms with E-state index in [-0.39, 0.29) is 5.97 Å². The fourth-order valence-corrected chi connectivity index (χ4v) is 3.82. The second-order valence-corrected chi connectivity index (χ2v) is 6.93. The van der Waals surface area contributed by atoms with Crippen molar-refractivity contribution in [2.24, 2.45) is 5.41 Å². The van der Waals surface area contributed by atoms with Crippen LogP contribution in [0.5, 0.6) is 5.75 Å². The molecular formula is C20H27N3O3. The number of aromatic nitrogens is 2. The van der Waals surface area contributed by atoms with Crippen molar-refractivity contribution >= 4 is 5.97 Å². The van der Waals surface area contributed by atoms with Crippen molar-refractivity contribution < 1.29 is 14.3 Å². The number of ether oxygens (including phenoxy) is 2. The van der Waals surface area contributed by atoms with Gasteiger partial charge in [0, 0.05) is 25.0 Å². The minimum atomic E-state index is -0.527. The number of hydrogen-bond acceptors (Lipinski definition) is 5. The van der Waals surface area contributed by atoms with Gasteiger partial charge in [0.25, 0.3) is 0 Å². The minimum Gasteiger partial charge on any atom is -0.497 e. The zero-order valence-electron chi connectivity index (χ0n) is 15.5. The van der Waals surface area contributed by atoms with E-state index in [0.717, 1.165) is 42.9 Å². The summed E-state index contributed by atoms with van der Waals surface area (Å²) in [5.41, 5.74) is 1.63. The summed E-state index contributed by atoms with van der Waals surface area (Å²) in [6.45, 7) is 4.68. The highest BCUT2D eigenvalue weighted by atomic mass is 16.5. The average molecular weight is 357 g/mol. The Labute approximate surface area is 154 Å². The topological polar surface area (TPSA) is 67.5 Å². The van der Waals surface area contributed by atoms with E-state index >= 15 is 0 Å². The molecule has 1 aliphatic heterocycles. The molecule has 1 atom stereocenters. The first kappa shape index (κ1) is 18.5. The fourth-order valence-electron chi connectivity index (χ4n) is 3.82. The Balaban J connectivity index is 1.81. The summed E-state index contributed by atoms with van der Waals surface area (Å²) in [4.78, 5) is 15.2. The highest BCUT2D eigenvalue weighted by molar-refractivity contribution is 5.78. The summed E-state index contributed by atoms with van der Waals surface area (Å²) >= 11 is 0. The number of benzene rings is 1. The van der Waals surface area contributed by atoms with Crippen LogP contribution in [0.4, 0.5) is 0 Å². The summed E-state index contributed by atoms with van der Waals surface area (Å²) < 4.78 is 10.8. The second kappa shape index (κ2) is 8.36. The van der Waals surface area contributed by atoms with Gasteiger partial charge in [-0.2, -0.15) is 5.10 Å². The lowest BCUT2D eigenvalue weighted by Gasteiger charge is -2.41. The Morgan fingerprint density at radius 1 is 1.38 bits per heavy atom. The van der Waals surface area contributed by atoms with Crippen LogP contribution in [0.15, 0.2) is 36.5 Å². The number of carbonyl (C=O) groups is 1. The van der Waals surface area contributed by atoms with E-state index in [1.807, 2.05) is 31.2 Å². The summed E-state index contributed by atoms with van der Waals surface area (Å²) in [5, 5.41) is 7.02. The lowest BCUT2D eigenvalue weighted by atomic mass is 9.75. The van der Waals surface area contributed by atoms with Crippen molar-refractivity contribution in [1.82, 2.24) is 15.1 Å². The number of rotatable bonds is 7. The van der Waals surface area contributed by atoms with Crippen molar-refractivity contribution in [3.8, 4) is 5.75 Å². The third-order valence-electron chi connectivity index (χ3n) is 4.99. The molecule has 3 rings (SSSR count). The summed E-state index contributed by atoms with van der Waals surface area (Å²) in [7, 11) is 1.66. The van der Waals surface area contributed by atoms with Crippen LogP contribution >= 0.6 is 0 Å². The third-order valence-corrected chi connectivity index (χ3v) is 4.99. The fraction of sp³-hybridized carbons (Fsp3) is 0.500. The zero-order valence-corrected chi connectivity index (χ0v) is 15.5. The second-order valence-electron chi connectivity index (χ2n) is 6.93. The molecule has 1 aromatic heterocycles. The third kappa shape index (κ3) is 4.25. The normalized spacial score (nSPS) is 20.7. The molecule has 1 aromatic carbocycles. The van der Waals surface area contributed by atoms with Gasteiger partial charge in [0.2, 0.25) is 0 Å². The lowest BCUT2D eigenvalue weighted by molar-refractivity contribution is -0.159. The van der Waals surface area contributed by atoms with E-state index in [0.29, 0.717) is 19.6 Å². The van der Waals surface area contributed by atoms with Gasteiger partial charge in [-0.05, 0) is 56.5 Å². The number of nitrogens with zero attached hydrogens (tertiary/aromatic N) is 2. The van der Waals surface area contributed by atoms with E-state index in [4.69, 9.17) is 9.47 Å². The van der Waals surface area contributed by atoms with Crippen LogP contribution in [0.3, 0.4) is 0 Å². The summed E-state index contributed by atoms with van der Waals surface area (Å²) in [6, 6.07) is 9.93. The number of likely N-dealkylation sites (tertiary alicyclic amines) is 1. The standard InChI is InChI=1S/C20H27N3O3/c1-3-26-19(24)20(13-16-6-4-7-18(12-16)25-2)9-5-11-23(15-20)14-17-8-10-21-22-17/h4,6-8,10,12H,3,5,9,11,13-15H2,1-2H3,(H,21,22)/t20-/m1/s1.